The van der Waals surface area contributed by atoms with Crippen molar-refractivity contribution in [2.75, 3.05) is 12.4 Å². The molecule has 3 rings (SSSR count). The Morgan fingerprint density at radius 1 is 1.24 bits per heavy atom. The lowest BCUT2D eigenvalue weighted by Crippen LogP contribution is -2.64. The summed E-state index contributed by atoms with van der Waals surface area (Å²) in [6, 6.07) is 9.56. The summed E-state index contributed by atoms with van der Waals surface area (Å²) in [5, 5.41) is 20.5. The number of benzene rings is 1. The van der Waals surface area contributed by atoms with E-state index in [2.05, 4.69) is 0 Å². The van der Waals surface area contributed by atoms with Gasteiger partial charge >= 0.3 is 7.12 Å². The van der Waals surface area contributed by atoms with Gasteiger partial charge in [0.25, 0.3) is 0 Å². The van der Waals surface area contributed by atoms with Gasteiger partial charge in [-0.05, 0) is 11.2 Å². The summed E-state index contributed by atoms with van der Waals surface area (Å²) in [5.41, 5.74) is 0.453. The molecule has 2 heterocycles. The molecule has 0 aliphatic carbocycles. The van der Waals surface area contributed by atoms with E-state index < -0.39 is 30.9 Å². The normalized spacial score (nSPS) is 36.3. The predicted molar refractivity (Wildman–Crippen MR) is 81.5 cm³/mol. The van der Waals surface area contributed by atoms with Crippen LogP contribution in [0.2, 0.25) is 0 Å². The number of aliphatic hydroxyl groups is 2. The van der Waals surface area contributed by atoms with Gasteiger partial charge in [0.15, 0.2) is 0 Å². The lowest BCUT2D eigenvalue weighted by molar-refractivity contribution is -0.214. The van der Waals surface area contributed by atoms with Crippen LogP contribution in [-0.4, -0.2) is 59.5 Å². The number of ether oxygens (including phenoxy) is 1. The highest BCUT2D eigenvalue weighted by molar-refractivity contribution is 7.99. The molecule has 0 unspecified atom stereocenters. The van der Waals surface area contributed by atoms with E-state index in [1.807, 2.05) is 37.3 Å². The maximum absolute atomic E-state index is 10.3. The zero-order chi connectivity index (χ0) is 14.8. The van der Waals surface area contributed by atoms with E-state index in [9.17, 15) is 10.2 Å². The number of hydrogen-bond acceptors (Lipinski definition) is 6. The minimum absolute atomic E-state index is 0.342. The zero-order valence-electron chi connectivity index (χ0n) is 11.8. The number of thioether (sulfide) groups is 1. The molecule has 1 aromatic rings. The van der Waals surface area contributed by atoms with Crippen molar-refractivity contribution >= 4 is 24.3 Å². The van der Waals surface area contributed by atoms with E-state index >= 15 is 0 Å². The van der Waals surface area contributed by atoms with Gasteiger partial charge in [0.05, 0.1) is 6.61 Å². The van der Waals surface area contributed by atoms with Crippen LogP contribution in [0.1, 0.15) is 6.92 Å². The molecule has 21 heavy (non-hydrogen) atoms. The molecule has 0 saturated carbocycles. The van der Waals surface area contributed by atoms with Crippen molar-refractivity contribution < 1.29 is 24.3 Å². The van der Waals surface area contributed by atoms with Gasteiger partial charge in [-0.3, -0.25) is 0 Å². The Morgan fingerprint density at radius 2 is 2.00 bits per heavy atom. The smallest absolute Gasteiger partial charge is 0.404 e. The summed E-state index contributed by atoms with van der Waals surface area (Å²) in [6.07, 6.45) is -2.85. The number of fused-ring (bicyclic) bond motifs is 1. The monoisotopic (exact) mass is 310 g/mol. The fourth-order valence-electron chi connectivity index (χ4n) is 2.66. The van der Waals surface area contributed by atoms with Crippen LogP contribution in [0.5, 0.6) is 0 Å². The van der Waals surface area contributed by atoms with E-state index in [1.165, 1.54) is 11.8 Å². The van der Waals surface area contributed by atoms with E-state index in [0.29, 0.717) is 6.61 Å². The number of rotatable bonds is 3. The van der Waals surface area contributed by atoms with Crippen LogP contribution in [0.4, 0.5) is 0 Å². The van der Waals surface area contributed by atoms with Crippen LogP contribution in [0.15, 0.2) is 30.3 Å². The first-order valence-corrected chi connectivity index (χ1v) is 8.20. The largest absolute Gasteiger partial charge is 0.494 e. The Balaban J connectivity index is 1.71. The maximum atomic E-state index is 10.3. The maximum Gasteiger partial charge on any atom is 0.494 e. The fourth-order valence-corrected chi connectivity index (χ4v) is 3.57. The standard InChI is InChI=1S/C14H19BO5S/c1-2-21-14-12(17)11(16)13-10(19-14)8-18-15(20-13)9-6-4-3-5-7-9/h3-7,10-14,16-17H,2,8H2,1H3/t10-,11-,12-,13+,14+/m1/s1. The average Bonchev–Trinajstić information content (AvgIpc) is 2.53. The summed E-state index contributed by atoms with van der Waals surface area (Å²) >= 11 is 1.47. The van der Waals surface area contributed by atoms with Crippen LogP contribution >= 0.6 is 11.8 Å². The second kappa shape index (κ2) is 6.68. The molecular formula is C14H19BO5S. The lowest BCUT2D eigenvalue weighted by Gasteiger charge is -2.45. The minimum Gasteiger partial charge on any atom is -0.404 e. The molecule has 0 amide bonds. The molecule has 2 aliphatic rings. The van der Waals surface area contributed by atoms with Gasteiger partial charge in [0.2, 0.25) is 0 Å². The second-order valence-corrected chi connectivity index (χ2v) is 6.53. The first kappa shape index (κ1) is 15.3. The molecule has 0 radical (unpaired) electrons. The highest BCUT2D eigenvalue weighted by Crippen LogP contribution is 2.32. The van der Waals surface area contributed by atoms with E-state index in [4.69, 9.17) is 14.0 Å². The lowest BCUT2D eigenvalue weighted by atomic mass is 9.76. The number of hydrogen-bond donors (Lipinski definition) is 2. The van der Waals surface area contributed by atoms with E-state index in [1.54, 1.807) is 0 Å². The topological polar surface area (TPSA) is 68.2 Å². The first-order chi connectivity index (χ1) is 10.2. The van der Waals surface area contributed by atoms with Crippen molar-refractivity contribution in [3.8, 4) is 0 Å². The fraction of sp³-hybridized carbons (Fsp3) is 0.571. The van der Waals surface area contributed by atoms with Crippen molar-refractivity contribution in [3.63, 3.8) is 0 Å². The summed E-state index contributed by atoms with van der Waals surface area (Å²) in [7, 11) is -0.534. The molecule has 5 atom stereocenters. The van der Waals surface area contributed by atoms with Crippen molar-refractivity contribution in [2.45, 2.75) is 36.8 Å². The van der Waals surface area contributed by atoms with Gasteiger partial charge in [-0.25, -0.2) is 0 Å². The van der Waals surface area contributed by atoms with Crippen LogP contribution in [0, 0.1) is 0 Å². The summed E-state index contributed by atoms with van der Waals surface area (Å²) < 4.78 is 17.3. The van der Waals surface area contributed by atoms with Crippen LogP contribution in [-0.2, 0) is 14.0 Å². The van der Waals surface area contributed by atoms with Crippen molar-refractivity contribution in [3.05, 3.63) is 30.3 Å². The predicted octanol–water partition coefficient (Wildman–Crippen LogP) is -0.00300. The van der Waals surface area contributed by atoms with Gasteiger partial charge in [-0.15, -0.1) is 11.8 Å². The zero-order valence-corrected chi connectivity index (χ0v) is 12.6. The molecule has 0 aromatic heterocycles. The van der Waals surface area contributed by atoms with Crippen molar-refractivity contribution in [1.82, 2.24) is 0 Å². The summed E-state index contributed by atoms with van der Waals surface area (Å²) in [4.78, 5) is 0. The first-order valence-electron chi connectivity index (χ1n) is 7.16. The van der Waals surface area contributed by atoms with Gasteiger partial charge in [0, 0.05) is 0 Å². The third-order valence-corrected chi connectivity index (χ3v) is 4.79. The molecule has 1 aromatic carbocycles. The van der Waals surface area contributed by atoms with E-state index in [0.717, 1.165) is 11.2 Å². The second-order valence-electron chi connectivity index (χ2n) is 5.16. The molecule has 0 bridgehead atoms. The Morgan fingerprint density at radius 3 is 2.71 bits per heavy atom. The van der Waals surface area contributed by atoms with Crippen LogP contribution in [0.3, 0.4) is 0 Å². The molecule has 2 aliphatic heterocycles. The van der Waals surface area contributed by atoms with Gasteiger partial charge in [-0.2, -0.15) is 0 Å². The molecule has 2 N–H and O–H groups in total. The quantitative estimate of drug-likeness (QED) is 0.766. The van der Waals surface area contributed by atoms with Gasteiger partial charge in [0.1, 0.15) is 29.9 Å². The minimum atomic E-state index is -0.970. The Kier molecular flexibility index (Phi) is 4.88. The summed E-state index contributed by atoms with van der Waals surface area (Å²) in [6.45, 7) is 2.33. The molecule has 5 nitrogen and oxygen atoms in total. The van der Waals surface area contributed by atoms with Crippen LogP contribution < -0.4 is 5.46 Å². The average molecular weight is 310 g/mol. The van der Waals surface area contributed by atoms with Crippen molar-refractivity contribution in [1.29, 1.82) is 0 Å². The Hall–Kier alpha value is -0.565. The third kappa shape index (κ3) is 3.13. The third-order valence-electron chi connectivity index (χ3n) is 3.74. The molecule has 2 fully saturated rings. The SMILES string of the molecule is CCS[C@@H]1O[C@@H]2COB(c3ccccc3)O[C@@H]2[C@H](O)[C@H]1O. The Labute approximate surface area is 128 Å². The number of aliphatic hydroxyl groups excluding tert-OH is 2. The highest BCUT2D eigenvalue weighted by Gasteiger charge is 2.49. The Bertz CT molecular complexity index is 460. The summed E-state index contributed by atoms with van der Waals surface area (Å²) in [5.74, 6) is 0.806. The van der Waals surface area contributed by atoms with Gasteiger partial charge in [-0.1, -0.05) is 37.3 Å². The van der Waals surface area contributed by atoms with E-state index in [-0.39, 0.29) is 6.10 Å². The molecular weight excluding hydrogens is 291 g/mol. The molecule has 114 valence electrons. The molecule has 2 saturated heterocycles. The van der Waals surface area contributed by atoms with Crippen molar-refractivity contribution in [2.24, 2.45) is 0 Å². The van der Waals surface area contributed by atoms with Gasteiger partial charge < -0.3 is 24.3 Å². The molecule has 0 spiro atoms. The van der Waals surface area contributed by atoms with Crippen LogP contribution in [0.25, 0.3) is 0 Å². The molecule has 7 heteroatoms. The highest BCUT2D eigenvalue weighted by atomic mass is 32.2.